The zero-order valence-corrected chi connectivity index (χ0v) is 20.1. The average molecular weight is 460 g/mol. The van der Waals surface area contributed by atoms with Gasteiger partial charge in [0.15, 0.2) is 0 Å². The van der Waals surface area contributed by atoms with Gasteiger partial charge in [-0.25, -0.2) is 9.50 Å². The highest BCUT2D eigenvalue weighted by Crippen LogP contribution is 2.20. The van der Waals surface area contributed by atoms with Crippen LogP contribution in [0, 0.1) is 13.8 Å². The van der Waals surface area contributed by atoms with Crippen LogP contribution in [0.1, 0.15) is 41.4 Å². The monoisotopic (exact) mass is 459 g/mol. The van der Waals surface area contributed by atoms with Crippen LogP contribution in [-0.2, 0) is 17.6 Å². The van der Waals surface area contributed by atoms with Crippen molar-refractivity contribution in [3.63, 3.8) is 0 Å². The summed E-state index contributed by atoms with van der Waals surface area (Å²) in [6, 6.07) is 20.8. The molecule has 0 bridgehead atoms. The quantitative estimate of drug-likeness (QED) is 0.372. The highest BCUT2D eigenvalue weighted by atomic mass is 32.2. The number of carbonyl (C=O) groups is 1. The van der Waals surface area contributed by atoms with Crippen LogP contribution in [0.4, 0.5) is 0 Å². The van der Waals surface area contributed by atoms with Gasteiger partial charge in [-0.3, -0.25) is 4.79 Å². The first-order valence-corrected chi connectivity index (χ1v) is 12.2. The molecule has 0 aliphatic heterocycles. The molecule has 0 saturated carbocycles. The molecular weight excluding hydrogens is 430 g/mol. The van der Waals surface area contributed by atoms with Gasteiger partial charge in [0.05, 0.1) is 5.75 Å². The smallest absolute Gasteiger partial charge is 0.253 e. The minimum atomic E-state index is -0.00922. The van der Waals surface area contributed by atoms with Crippen molar-refractivity contribution >= 4 is 23.4 Å². The highest BCUT2D eigenvalue weighted by molar-refractivity contribution is 7.99. The summed E-state index contributed by atoms with van der Waals surface area (Å²) in [5.74, 6) is 0.840. The molecular formula is C26H29N5OS. The van der Waals surface area contributed by atoms with E-state index in [-0.39, 0.29) is 17.7 Å². The molecule has 1 N–H and O–H groups in total. The number of aromatic nitrogens is 4. The molecule has 170 valence electrons. The third-order valence-corrected chi connectivity index (χ3v) is 6.54. The third-order valence-electron chi connectivity index (χ3n) is 5.70. The second-order valence-corrected chi connectivity index (χ2v) is 9.25. The molecule has 33 heavy (non-hydrogen) atoms. The molecule has 4 rings (SSSR count). The van der Waals surface area contributed by atoms with Gasteiger partial charge >= 0.3 is 0 Å². The van der Waals surface area contributed by atoms with Crippen molar-refractivity contribution in [3.8, 4) is 0 Å². The van der Waals surface area contributed by atoms with Crippen molar-refractivity contribution < 1.29 is 4.79 Å². The van der Waals surface area contributed by atoms with Crippen LogP contribution in [0.3, 0.4) is 0 Å². The van der Waals surface area contributed by atoms with Gasteiger partial charge in [-0.1, -0.05) is 72.4 Å². The molecule has 0 spiro atoms. The van der Waals surface area contributed by atoms with Crippen molar-refractivity contribution in [3.05, 3.63) is 88.7 Å². The van der Waals surface area contributed by atoms with Crippen molar-refractivity contribution in [1.82, 2.24) is 24.9 Å². The van der Waals surface area contributed by atoms with E-state index in [1.54, 1.807) is 4.52 Å². The van der Waals surface area contributed by atoms with Crippen molar-refractivity contribution in [1.29, 1.82) is 0 Å². The van der Waals surface area contributed by atoms with Gasteiger partial charge < -0.3 is 5.32 Å². The molecule has 2 heterocycles. The number of hydrogen-bond donors (Lipinski definition) is 1. The largest absolute Gasteiger partial charge is 0.353 e. The summed E-state index contributed by atoms with van der Waals surface area (Å²) in [4.78, 5) is 21.6. The molecule has 0 aliphatic rings. The van der Waals surface area contributed by atoms with Gasteiger partial charge in [-0.15, -0.1) is 5.10 Å². The normalized spacial score (nSPS) is 12.1. The lowest BCUT2D eigenvalue weighted by Crippen LogP contribution is -2.34. The molecule has 7 heteroatoms. The standard InChI is InChI=1S/C26H29N5OS/c1-18(14-15-21-10-6-4-7-11-21)27-24(32)17-33-26-29-25-28-19(2)23(20(3)31(25)30-26)16-22-12-8-5-9-13-22/h4-13,18H,14-17H2,1-3H3,(H,27,32). The molecule has 2 aromatic heterocycles. The average Bonchev–Trinajstić information content (AvgIpc) is 3.23. The number of aryl methyl sites for hydroxylation is 3. The van der Waals surface area contributed by atoms with Gasteiger partial charge in [0.25, 0.3) is 5.78 Å². The number of carbonyl (C=O) groups excluding carboxylic acids is 1. The molecule has 2 aromatic carbocycles. The fraction of sp³-hybridized carbons (Fsp3) is 0.308. The van der Waals surface area contributed by atoms with Crippen molar-refractivity contribution in [2.45, 2.75) is 51.2 Å². The molecule has 0 radical (unpaired) electrons. The first-order chi connectivity index (χ1) is 16.0. The molecule has 0 fully saturated rings. The van der Waals surface area contributed by atoms with Crippen LogP contribution in [-0.4, -0.2) is 37.3 Å². The van der Waals surface area contributed by atoms with Crippen molar-refractivity contribution in [2.24, 2.45) is 0 Å². The summed E-state index contributed by atoms with van der Waals surface area (Å²) >= 11 is 1.34. The lowest BCUT2D eigenvalue weighted by molar-refractivity contribution is -0.119. The van der Waals surface area contributed by atoms with Gasteiger partial charge in [-0.05, 0) is 50.3 Å². The lowest BCUT2D eigenvalue weighted by atomic mass is 10.0. The Bertz CT molecular complexity index is 1220. The summed E-state index contributed by atoms with van der Waals surface area (Å²) in [5, 5.41) is 8.25. The third kappa shape index (κ3) is 5.99. The summed E-state index contributed by atoms with van der Waals surface area (Å²) in [6.07, 6.45) is 2.64. The Kier molecular flexibility index (Phi) is 7.40. The summed E-state index contributed by atoms with van der Waals surface area (Å²) in [5.41, 5.74) is 5.65. The number of fused-ring (bicyclic) bond motifs is 1. The second kappa shape index (κ2) is 10.6. The first-order valence-electron chi connectivity index (χ1n) is 11.2. The number of thioether (sulfide) groups is 1. The predicted molar refractivity (Wildman–Crippen MR) is 133 cm³/mol. The predicted octanol–water partition coefficient (Wildman–Crippen LogP) is 4.56. The Morgan fingerprint density at radius 2 is 1.67 bits per heavy atom. The number of amides is 1. The van der Waals surface area contributed by atoms with Gasteiger partial charge in [0.1, 0.15) is 0 Å². The SMILES string of the molecule is Cc1nc2nc(SCC(=O)NC(C)CCc3ccccc3)nn2c(C)c1Cc1ccccc1. The maximum Gasteiger partial charge on any atom is 0.253 e. The van der Waals surface area contributed by atoms with Crippen LogP contribution in [0.2, 0.25) is 0 Å². The molecule has 1 atom stereocenters. The van der Waals surface area contributed by atoms with E-state index in [0.29, 0.717) is 10.9 Å². The number of benzene rings is 2. The lowest BCUT2D eigenvalue weighted by Gasteiger charge is -2.13. The zero-order chi connectivity index (χ0) is 23.2. The van der Waals surface area contributed by atoms with E-state index in [0.717, 1.165) is 36.2 Å². The Labute approximate surface area is 198 Å². The fourth-order valence-electron chi connectivity index (χ4n) is 3.85. The van der Waals surface area contributed by atoms with Gasteiger partial charge in [0.2, 0.25) is 11.1 Å². The summed E-state index contributed by atoms with van der Waals surface area (Å²) in [6.45, 7) is 6.10. The van der Waals surface area contributed by atoms with E-state index in [4.69, 9.17) is 0 Å². The molecule has 0 saturated heterocycles. The first kappa shape index (κ1) is 23.0. The fourth-order valence-corrected chi connectivity index (χ4v) is 4.48. The Morgan fingerprint density at radius 1 is 1.00 bits per heavy atom. The summed E-state index contributed by atoms with van der Waals surface area (Å²) < 4.78 is 1.79. The van der Waals surface area contributed by atoms with E-state index in [9.17, 15) is 4.79 Å². The highest BCUT2D eigenvalue weighted by Gasteiger charge is 2.15. The Balaban J connectivity index is 1.35. The molecule has 0 aliphatic carbocycles. The van der Waals surface area contributed by atoms with Crippen LogP contribution in [0.15, 0.2) is 65.8 Å². The zero-order valence-electron chi connectivity index (χ0n) is 19.3. The molecule has 6 nitrogen and oxygen atoms in total. The topological polar surface area (TPSA) is 72.2 Å². The number of nitrogens with one attached hydrogen (secondary N) is 1. The van der Waals surface area contributed by atoms with Gasteiger partial charge in [0, 0.05) is 23.9 Å². The van der Waals surface area contributed by atoms with E-state index < -0.39 is 0 Å². The van der Waals surface area contributed by atoms with E-state index in [1.165, 1.54) is 22.9 Å². The molecule has 1 unspecified atom stereocenters. The van der Waals surface area contributed by atoms with Crippen molar-refractivity contribution in [2.75, 3.05) is 5.75 Å². The van der Waals surface area contributed by atoms with Crippen LogP contribution >= 0.6 is 11.8 Å². The van der Waals surface area contributed by atoms with E-state index in [1.807, 2.05) is 57.2 Å². The molecule has 1 amide bonds. The van der Waals surface area contributed by atoms with Gasteiger partial charge in [-0.2, -0.15) is 4.98 Å². The second-order valence-electron chi connectivity index (χ2n) is 8.31. The maximum atomic E-state index is 12.4. The number of nitrogens with zero attached hydrogens (tertiary/aromatic N) is 4. The minimum absolute atomic E-state index is 0.00922. The molecule has 4 aromatic rings. The number of hydrogen-bond acceptors (Lipinski definition) is 5. The number of rotatable bonds is 9. The Hall–Kier alpha value is -3.19. The van der Waals surface area contributed by atoms with Crippen LogP contribution in [0.25, 0.3) is 5.78 Å². The minimum Gasteiger partial charge on any atom is -0.353 e. The van der Waals surface area contributed by atoms with E-state index >= 15 is 0 Å². The van der Waals surface area contributed by atoms with Crippen LogP contribution < -0.4 is 5.32 Å². The van der Waals surface area contributed by atoms with Crippen LogP contribution in [0.5, 0.6) is 0 Å². The maximum absolute atomic E-state index is 12.4. The van der Waals surface area contributed by atoms with E-state index in [2.05, 4.69) is 44.6 Å². The Morgan fingerprint density at radius 3 is 2.36 bits per heavy atom. The summed E-state index contributed by atoms with van der Waals surface area (Å²) in [7, 11) is 0.